The summed E-state index contributed by atoms with van der Waals surface area (Å²) < 4.78 is 43.5. The standard InChI is InChI=1S/C22H32N2O3.C2HF3O2/c1-17-6-2-3-7-18(17)12-23-13-20-19(15-27-21(20)14-23)8-11-26-16-22(25)24-9-4-5-10-24;3-2(4,5)1(6)7/h2-3,6-7,19-21H,4-5,8-16H2,1H3;(H,6,7)/t19-,20-,21-;/m0./s1. The van der Waals surface area contributed by atoms with Crippen LogP contribution in [0.4, 0.5) is 13.2 Å². The SMILES string of the molecule is Cc1ccccc1CN1C[C@H]2[C@@H](CCOCC(=O)N3CCCC3)CO[C@H]2C1.O=C(O)C(F)(F)F. The molecule has 0 bridgehead atoms. The Bertz CT molecular complexity index is 829. The van der Waals surface area contributed by atoms with Gasteiger partial charge in [0.15, 0.2) is 0 Å². The average Bonchev–Trinajstić information content (AvgIpc) is 3.51. The summed E-state index contributed by atoms with van der Waals surface area (Å²) in [5.41, 5.74) is 2.78. The molecule has 3 heterocycles. The van der Waals surface area contributed by atoms with Crippen LogP contribution in [0.15, 0.2) is 24.3 Å². The number of aliphatic carboxylic acids is 1. The Balaban J connectivity index is 0.000000406. The molecule has 1 amide bonds. The first-order chi connectivity index (χ1) is 16.1. The molecule has 3 fully saturated rings. The van der Waals surface area contributed by atoms with Crippen LogP contribution in [-0.4, -0.2) is 85.1 Å². The lowest BCUT2D eigenvalue weighted by Crippen LogP contribution is -2.31. The lowest BCUT2D eigenvalue weighted by molar-refractivity contribution is -0.192. The molecule has 3 aliphatic rings. The molecule has 34 heavy (non-hydrogen) atoms. The van der Waals surface area contributed by atoms with Gasteiger partial charge in [0.1, 0.15) is 6.61 Å². The number of carboxylic acid groups (broad SMARTS) is 1. The van der Waals surface area contributed by atoms with Crippen molar-refractivity contribution in [1.29, 1.82) is 0 Å². The maximum atomic E-state index is 12.0. The summed E-state index contributed by atoms with van der Waals surface area (Å²) in [5.74, 6) is -1.45. The van der Waals surface area contributed by atoms with E-state index in [1.807, 2.05) is 4.90 Å². The second-order valence-electron chi connectivity index (χ2n) is 9.15. The predicted molar refractivity (Wildman–Crippen MR) is 118 cm³/mol. The number of ether oxygens (including phenoxy) is 2. The Labute approximate surface area is 197 Å². The summed E-state index contributed by atoms with van der Waals surface area (Å²) in [6.07, 6.45) is -1.46. The Morgan fingerprint density at radius 1 is 1.18 bits per heavy atom. The number of likely N-dealkylation sites (tertiary alicyclic amines) is 2. The van der Waals surface area contributed by atoms with E-state index in [4.69, 9.17) is 19.4 Å². The molecule has 1 aromatic rings. The van der Waals surface area contributed by atoms with Crippen molar-refractivity contribution >= 4 is 11.9 Å². The first kappa shape index (κ1) is 26.4. The number of carboxylic acids is 1. The zero-order valence-corrected chi connectivity index (χ0v) is 19.4. The number of nitrogens with zero attached hydrogens (tertiary/aromatic N) is 2. The molecule has 190 valence electrons. The highest BCUT2D eigenvalue weighted by Crippen LogP contribution is 2.36. The number of carbonyl (C=O) groups excluding carboxylic acids is 1. The van der Waals surface area contributed by atoms with Crippen LogP contribution >= 0.6 is 0 Å². The summed E-state index contributed by atoms with van der Waals surface area (Å²) in [6.45, 7) is 8.88. The number of aryl methyl sites for hydroxylation is 1. The summed E-state index contributed by atoms with van der Waals surface area (Å²) in [7, 11) is 0. The monoisotopic (exact) mass is 486 g/mol. The van der Waals surface area contributed by atoms with Crippen LogP contribution in [0, 0.1) is 18.8 Å². The zero-order chi connectivity index (χ0) is 24.7. The molecule has 1 aromatic carbocycles. The molecule has 3 aliphatic heterocycles. The molecule has 3 atom stereocenters. The minimum atomic E-state index is -5.08. The van der Waals surface area contributed by atoms with E-state index in [0.29, 0.717) is 24.5 Å². The van der Waals surface area contributed by atoms with Crippen molar-refractivity contribution in [2.24, 2.45) is 11.8 Å². The van der Waals surface area contributed by atoms with Gasteiger partial charge in [-0.3, -0.25) is 9.69 Å². The predicted octanol–water partition coefficient (Wildman–Crippen LogP) is 3.10. The second-order valence-corrected chi connectivity index (χ2v) is 9.15. The van der Waals surface area contributed by atoms with Crippen molar-refractivity contribution < 1.29 is 37.3 Å². The highest BCUT2D eigenvalue weighted by molar-refractivity contribution is 5.77. The highest BCUT2D eigenvalue weighted by atomic mass is 19.4. The number of hydrogen-bond acceptors (Lipinski definition) is 5. The van der Waals surface area contributed by atoms with Crippen LogP contribution in [-0.2, 0) is 25.6 Å². The Hall–Kier alpha value is -2.17. The van der Waals surface area contributed by atoms with Gasteiger partial charge in [0.05, 0.1) is 12.7 Å². The van der Waals surface area contributed by atoms with E-state index in [-0.39, 0.29) is 12.5 Å². The summed E-state index contributed by atoms with van der Waals surface area (Å²) in [6, 6.07) is 8.64. The van der Waals surface area contributed by atoms with Crippen LogP contribution < -0.4 is 0 Å². The molecular weight excluding hydrogens is 453 g/mol. The highest BCUT2D eigenvalue weighted by Gasteiger charge is 2.43. The fourth-order valence-corrected chi connectivity index (χ4v) is 4.79. The number of amides is 1. The third-order valence-corrected chi connectivity index (χ3v) is 6.73. The number of halogens is 3. The van der Waals surface area contributed by atoms with E-state index in [1.165, 1.54) is 11.1 Å². The van der Waals surface area contributed by atoms with Crippen LogP contribution in [0.2, 0.25) is 0 Å². The third-order valence-electron chi connectivity index (χ3n) is 6.73. The van der Waals surface area contributed by atoms with Gasteiger partial charge >= 0.3 is 12.1 Å². The fraction of sp³-hybridized carbons (Fsp3) is 0.667. The molecule has 3 saturated heterocycles. The molecule has 0 saturated carbocycles. The van der Waals surface area contributed by atoms with Crippen molar-refractivity contribution in [3.8, 4) is 0 Å². The van der Waals surface area contributed by atoms with Crippen molar-refractivity contribution in [2.45, 2.75) is 45.0 Å². The van der Waals surface area contributed by atoms with E-state index in [9.17, 15) is 18.0 Å². The number of alkyl halides is 3. The van der Waals surface area contributed by atoms with Crippen molar-refractivity contribution in [3.05, 3.63) is 35.4 Å². The Morgan fingerprint density at radius 2 is 1.85 bits per heavy atom. The summed E-state index contributed by atoms with van der Waals surface area (Å²) >= 11 is 0. The topological polar surface area (TPSA) is 79.3 Å². The van der Waals surface area contributed by atoms with Crippen molar-refractivity contribution in [2.75, 3.05) is 46.0 Å². The van der Waals surface area contributed by atoms with Crippen LogP contribution in [0.5, 0.6) is 0 Å². The van der Waals surface area contributed by atoms with E-state index in [1.54, 1.807) is 0 Å². The normalized spacial score (nSPS) is 24.6. The smallest absolute Gasteiger partial charge is 0.475 e. The molecule has 0 aromatic heterocycles. The summed E-state index contributed by atoms with van der Waals surface area (Å²) in [5, 5.41) is 7.12. The van der Waals surface area contributed by atoms with E-state index < -0.39 is 12.1 Å². The van der Waals surface area contributed by atoms with E-state index in [0.717, 1.165) is 58.6 Å². The van der Waals surface area contributed by atoms with Gasteiger partial charge in [-0.1, -0.05) is 24.3 Å². The molecule has 7 nitrogen and oxygen atoms in total. The van der Waals surface area contributed by atoms with Crippen molar-refractivity contribution in [1.82, 2.24) is 9.80 Å². The van der Waals surface area contributed by atoms with Gasteiger partial charge < -0.3 is 19.5 Å². The van der Waals surface area contributed by atoms with E-state index in [2.05, 4.69) is 36.1 Å². The number of benzene rings is 1. The first-order valence-electron chi connectivity index (χ1n) is 11.7. The molecule has 0 unspecified atom stereocenters. The van der Waals surface area contributed by atoms with Gasteiger partial charge in [0, 0.05) is 45.2 Å². The largest absolute Gasteiger partial charge is 0.490 e. The van der Waals surface area contributed by atoms with Crippen LogP contribution in [0.1, 0.15) is 30.4 Å². The number of hydrogen-bond donors (Lipinski definition) is 1. The van der Waals surface area contributed by atoms with Crippen molar-refractivity contribution in [3.63, 3.8) is 0 Å². The molecule has 1 N–H and O–H groups in total. The van der Waals surface area contributed by atoms with Crippen LogP contribution in [0.25, 0.3) is 0 Å². The Morgan fingerprint density at radius 3 is 2.50 bits per heavy atom. The van der Waals surface area contributed by atoms with Gasteiger partial charge in [-0.2, -0.15) is 13.2 Å². The maximum absolute atomic E-state index is 12.0. The molecular formula is C24H33F3N2O5. The van der Waals surface area contributed by atoms with E-state index >= 15 is 0 Å². The summed E-state index contributed by atoms with van der Waals surface area (Å²) in [4.78, 5) is 25.4. The average molecular weight is 487 g/mol. The number of fused-ring (bicyclic) bond motifs is 1. The molecule has 10 heteroatoms. The minimum absolute atomic E-state index is 0.151. The Kier molecular flexibility index (Phi) is 9.32. The zero-order valence-electron chi connectivity index (χ0n) is 19.4. The molecule has 0 aliphatic carbocycles. The fourth-order valence-electron chi connectivity index (χ4n) is 4.79. The first-order valence-corrected chi connectivity index (χ1v) is 11.7. The maximum Gasteiger partial charge on any atom is 0.490 e. The second kappa shape index (κ2) is 12.0. The lowest BCUT2D eigenvalue weighted by atomic mass is 9.91. The molecule has 4 rings (SSSR count). The van der Waals surface area contributed by atoms with Gasteiger partial charge in [0.2, 0.25) is 5.91 Å². The quantitative estimate of drug-likeness (QED) is 0.597. The number of carbonyl (C=O) groups is 2. The van der Waals surface area contributed by atoms with Gasteiger partial charge in [0.25, 0.3) is 0 Å². The van der Waals surface area contributed by atoms with Gasteiger partial charge in [-0.15, -0.1) is 0 Å². The third kappa shape index (κ3) is 7.41. The number of rotatable bonds is 7. The lowest BCUT2D eigenvalue weighted by Gasteiger charge is -2.20. The van der Waals surface area contributed by atoms with Gasteiger partial charge in [-0.25, -0.2) is 4.79 Å². The molecule has 0 spiro atoms. The van der Waals surface area contributed by atoms with Gasteiger partial charge in [-0.05, 0) is 43.2 Å². The minimum Gasteiger partial charge on any atom is -0.475 e. The molecule has 0 radical (unpaired) electrons. The van der Waals surface area contributed by atoms with Crippen LogP contribution in [0.3, 0.4) is 0 Å².